The number of nitrogens with zero attached hydrogens (tertiary/aromatic N) is 3. The number of hydrogen-bond donors (Lipinski definition) is 1. The molecule has 0 radical (unpaired) electrons. The Morgan fingerprint density at radius 2 is 1.92 bits per heavy atom. The Morgan fingerprint density at radius 1 is 1.20 bits per heavy atom. The molecule has 0 fully saturated rings. The van der Waals surface area contributed by atoms with E-state index in [2.05, 4.69) is 16.3 Å². The Kier molecular flexibility index (Phi) is 9.51. The summed E-state index contributed by atoms with van der Waals surface area (Å²) >= 11 is 0. The third kappa shape index (κ3) is 7.12. The highest BCUT2D eigenvalue weighted by atomic mass is 16.5. The molecule has 0 atom stereocenters. The highest BCUT2D eigenvalue weighted by molar-refractivity contribution is 5.48. The fourth-order valence-corrected chi connectivity index (χ4v) is 2.44. The lowest BCUT2D eigenvalue weighted by molar-refractivity contribution is 0.123. The van der Waals surface area contributed by atoms with Crippen LogP contribution in [-0.2, 0) is 4.74 Å². The van der Waals surface area contributed by atoms with E-state index in [4.69, 9.17) is 10.00 Å². The first-order chi connectivity index (χ1) is 12.1. The zero-order valence-electron chi connectivity index (χ0n) is 15.2. The molecule has 0 aromatic rings. The summed E-state index contributed by atoms with van der Waals surface area (Å²) in [7, 11) is 0. The Balaban J connectivity index is 2.45. The monoisotopic (exact) mass is 338 g/mol. The summed E-state index contributed by atoms with van der Waals surface area (Å²) in [5, 5.41) is 21.1. The van der Waals surface area contributed by atoms with Crippen molar-refractivity contribution in [1.29, 1.82) is 10.5 Å². The second kappa shape index (κ2) is 11.7. The molecule has 1 N–H and O–H groups in total. The predicted octanol–water partition coefficient (Wildman–Crippen LogP) is 3.54. The van der Waals surface area contributed by atoms with E-state index in [9.17, 15) is 5.26 Å². The van der Waals surface area contributed by atoms with Crippen LogP contribution in [-0.4, -0.2) is 31.2 Å². The first-order valence-electron chi connectivity index (χ1n) is 8.37. The van der Waals surface area contributed by atoms with E-state index in [-0.39, 0.29) is 6.42 Å². The lowest BCUT2D eigenvalue weighted by Gasteiger charge is -2.29. The first-order valence-corrected chi connectivity index (χ1v) is 8.37. The minimum absolute atomic E-state index is 0.137. The summed E-state index contributed by atoms with van der Waals surface area (Å²) in [6, 6.07) is 4.16. The molecule has 0 spiro atoms. The fraction of sp³-hybridized carbons (Fsp3) is 0.400. The van der Waals surface area contributed by atoms with Crippen molar-refractivity contribution in [3.05, 3.63) is 59.1 Å². The maximum Gasteiger partial charge on any atom is 0.0964 e. The third-order valence-electron chi connectivity index (χ3n) is 3.69. The SMILES string of the molecule is C/C=C\C=C/NCCOCCN1C(C)=CC(=C(C#N)CC#N)C=C1C. The fourth-order valence-electron chi connectivity index (χ4n) is 2.44. The Bertz CT molecular complexity index is 647. The molecule has 0 unspecified atom stereocenters. The summed E-state index contributed by atoms with van der Waals surface area (Å²) in [4.78, 5) is 2.16. The normalized spacial score (nSPS) is 14.3. The quantitative estimate of drug-likeness (QED) is 0.395. The van der Waals surface area contributed by atoms with Gasteiger partial charge >= 0.3 is 0 Å². The molecule has 0 amide bonds. The van der Waals surface area contributed by atoms with Gasteiger partial charge in [0.05, 0.1) is 37.3 Å². The minimum Gasteiger partial charge on any atom is -0.389 e. The van der Waals surface area contributed by atoms with Crippen LogP contribution in [0.3, 0.4) is 0 Å². The van der Waals surface area contributed by atoms with E-state index in [0.29, 0.717) is 18.8 Å². The van der Waals surface area contributed by atoms with Gasteiger partial charge in [-0.3, -0.25) is 0 Å². The van der Waals surface area contributed by atoms with Gasteiger partial charge < -0.3 is 15.0 Å². The van der Waals surface area contributed by atoms with Gasteiger partial charge in [-0.25, -0.2) is 0 Å². The van der Waals surface area contributed by atoms with Gasteiger partial charge in [0.15, 0.2) is 0 Å². The van der Waals surface area contributed by atoms with Crippen molar-refractivity contribution in [2.45, 2.75) is 27.2 Å². The van der Waals surface area contributed by atoms with Crippen LogP contribution in [0.25, 0.3) is 0 Å². The van der Waals surface area contributed by atoms with Gasteiger partial charge in [0.2, 0.25) is 0 Å². The summed E-state index contributed by atoms with van der Waals surface area (Å²) < 4.78 is 5.66. The van der Waals surface area contributed by atoms with Crippen molar-refractivity contribution in [3.63, 3.8) is 0 Å². The Hall–Kier alpha value is -2.76. The number of rotatable bonds is 9. The molecule has 0 saturated heterocycles. The molecule has 0 aromatic heterocycles. The van der Waals surface area contributed by atoms with Crippen molar-refractivity contribution < 1.29 is 4.74 Å². The minimum atomic E-state index is 0.137. The average Bonchev–Trinajstić information content (AvgIpc) is 2.60. The molecule has 1 rings (SSSR count). The average molecular weight is 338 g/mol. The molecule has 0 aromatic carbocycles. The van der Waals surface area contributed by atoms with E-state index in [1.807, 2.05) is 63.4 Å². The second-order valence-electron chi connectivity index (χ2n) is 5.56. The molecule has 5 nitrogen and oxygen atoms in total. The Morgan fingerprint density at radius 3 is 2.52 bits per heavy atom. The molecule has 5 heteroatoms. The van der Waals surface area contributed by atoms with Crippen molar-refractivity contribution in [3.8, 4) is 12.1 Å². The summed E-state index contributed by atoms with van der Waals surface area (Å²) in [5.41, 5.74) is 3.44. The summed E-state index contributed by atoms with van der Waals surface area (Å²) in [6.45, 7) is 8.78. The van der Waals surface area contributed by atoms with Crippen molar-refractivity contribution >= 4 is 0 Å². The molecule has 1 aliphatic rings. The second-order valence-corrected chi connectivity index (χ2v) is 5.56. The smallest absolute Gasteiger partial charge is 0.0964 e. The maximum absolute atomic E-state index is 9.17. The van der Waals surface area contributed by atoms with Crippen LogP contribution < -0.4 is 5.32 Å². The van der Waals surface area contributed by atoms with E-state index >= 15 is 0 Å². The molecule has 1 heterocycles. The van der Waals surface area contributed by atoms with Crippen molar-refractivity contribution in [2.24, 2.45) is 0 Å². The zero-order chi connectivity index (χ0) is 18.5. The van der Waals surface area contributed by atoms with Gasteiger partial charge in [-0.1, -0.05) is 12.2 Å². The van der Waals surface area contributed by atoms with Gasteiger partial charge in [0, 0.05) is 24.5 Å². The van der Waals surface area contributed by atoms with Gasteiger partial charge in [-0.05, 0) is 50.8 Å². The molecular weight excluding hydrogens is 312 g/mol. The number of ether oxygens (including phenoxy) is 1. The van der Waals surface area contributed by atoms with Gasteiger partial charge in [-0.2, -0.15) is 10.5 Å². The standard InChI is InChI=1S/C20H26N4O/c1-4-5-6-9-23-10-12-25-13-11-24-17(2)14-20(15-18(24)3)19(16-22)7-8-21/h4-6,9,14-15,23H,7,10-13H2,1-3H3/b5-4-,9-6-. The molecule has 25 heavy (non-hydrogen) atoms. The van der Waals surface area contributed by atoms with Crippen LogP contribution >= 0.6 is 0 Å². The molecule has 0 aliphatic carbocycles. The molecule has 1 aliphatic heterocycles. The molecular formula is C20H26N4O. The maximum atomic E-state index is 9.17. The van der Waals surface area contributed by atoms with Crippen LogP contribution in [0.2, 0.25) is 0 Å². The third-order valence-corrected chi connectivity index (χ3v) is 3.69. The van der Waals surface area contributed by atoms with E-state index < -0.39 is 0 Å². The first kappa shape index (κ1) is 20.3. The molecule has 0 saturated carbocycles. The van der Waals surface area contributed by atoms with Gasteiger partial charge in [-0.15, -0.1) is 0 Å². The lowest BCUT2D eigenvalue weighted by atomic mass is 10.0. The van der Waals surface area contributed by atoms with Gasteiger partial charge in [0.1, 0.15) is 0 Å². The van der Waals surface area contributed by atoms with Gasteiger partial charge in [0.25, 0.3) is 0 Å². The van der Waals surface area contributed by atoms with E-state index in [1.165, 1.54) is 0 Å². The molecule has 132 valence electrons. The number of nitriles is 2. The van der Waals surface area contributed by atoms with Crippen LogP contribution in [0.1, 0.15) is 27.2 Å². The number of hydrogen-bond acceptors (Lipinski definition) is 5. The highest BCUT2D eigenvalue weighted by Crippen LogP contribution is 2.25. The van der Waals surface area contributed by atoms with Crippen molar-refractivity contribution in [1.82, 2.24) is 10.2 Å². The predicted molar refractivity (Wildman–Crippen MR) is 99.9 cm³/mol. The van der Waals surface area contributed by atoms with Crippen LogP contribution in [0, 0.1) is 22.7 Å². The lowest BCUT2D eigenvalue weighted by Crippen LogP contribution is -2.27. The van der Waals surface area contributed by atoms with Crippen LogP contribution in [0.5, 0.6) is 0 Å². The van der Waals surface area contributed by atoms with Crippen LogP contribution in [0.4, 0.5) is 0 Å². The zero-order valence-corrected chi connectivity index (χ0v) is 15.2. The summed E-state index contributed by atoms with van der Waals surface area (Å²) in [5.74, 6) is 0. The van der Waals surface area contributed by atoms with E-state index in [0.717, 1.165) is 30.1 Å². The summed E-state index contributed by atoms with van der Waals surface area (Å²) in [6.07, 6.45) is 11.8. The van der Waals surface area contributed by atoms with Crippen LogP contribution in [0.15, 0.2) is 59.1 Å². The number of nitrogens with one attached hydrogen (secondary N) is 1. The topological polar surface area (TPSA) is 72.1 Å². The Labute approximate surface area is 150 Å². The van der Waals surface area contributed by atoms with E-state index in [1.54, 1.807) is 0 Å². The highest BCUT2D eigenvalue weighted by Gasteiger charge is 2.15. The molecule has 0 bridgehead atoms. The number of allylic oxidation sites excluding steroid dienone is 9. The van der Waals surface area contributed by atoms with Crippen molar-refractivity contribution in [2.75, 3.05) is 26.3 Å². The largest absolute Gasteiger partial charge is 0.389 e.